The molecule has 0 aliphatic heterocycles. The second kappa shape index (κ2) is 10.7. The number of nitrogens with zero attached hydrogens (tertiary/aromatic N) is 1. The summed E-state index contributed by atoms with van der Waals surface area (Å²) in [6.45, 7) is 2.80. The predicted molar refractivity (Wildman–Crippen MR) is 118 cm³/mol. The summed E-state index contributed by atoms with van der Waals surface area (Å²) in [5, 5.41) is 5.81. The molecular weight excluding hydrogens is 394 g/mol. The Labute approximate surface area is 182 Å². The summed E-state index contributed by atoms with van der Waals surface area (Å²) >= 11 is 0. The summed E-state index contributed by atoms with van der Waals surface area (Å²) in [5.41, 5.74) is 2.13. The SMILES string of the molecule is COC(=O)C(C)CN(CC(=O)Nc1cccc(C(=O)NC2CC2)c1)Cc1ccccc1. The van der Waals surface area contributed by atoms with Gasteiger partial charge in [-0.15, -0.1) is 0 Å². The lowest BCUT2D eigenvalue weighted by molar-refractivity contribution is -0.145. The van der Waals surface area contributed by atoms with Gasteiger partial charge in [-0.3, -0.25) is 19.3 Å². The maximum atomic E-state index is 12.7. The summed E-state index contributed by atoms with van der Waals surface area (Å²) < 4.78 is 4.83. The molecule has 7 nitrogen and oxygen atoms in total. The van der Waals surface area contributed by atoms with E-state index in [0.29, 0.717) is 24.3 Å². The van der Waals surface area contributed by atoms with Gasteiger partial charge in [0.05, 0.1) is 19.6 Å². The molecule has 3 rings (SSSR count). The highest BCUT2D eigenvalue weighted by atomic mass is 16.5. The van der Waals surface area contributed by atoms with Gasteiger partial charge in [-0.05, 0) is 36.6 Å². The number of anilines is 1. The molecule has 2 aromatic rings. The Hall–Kier alpha value is -3.19. The molecule has 7 heteroatoms. The number of nitrogens with one attached hydrogen (secondary N) is 2. The smallest absolute Gasteiger partial charge is 0.309 e. The lowest BCUT2D eigenvalue weighted by Gasteiger charge is -2.24. The van der Waals surface area contributed by atoms with E-state index < -0.39 is 0 Å². The van der Waals surface area contributed by atoms with Crippen LogP contribution in [0.2, 0.25) is 0 Å². The van der Waals surface area contributed by atoms with Crippen molar-refractivity contribution in [2.45, 2.75) is 32.4 Å². The average molecular weight is 424 g/mol. The number of hydrogen-bond donors (Lipinski definition) is 2. The molecule has 0 bridgehead atoms. The molecule has 1 atom stereocenters. The van der Waals surface area contributed by atoms with Gasteiger partial charge in [0.2, 0.25) is 5.91 Å². The van der Waals surface area contributed by atoms with Crippen molar-refractivity contribution in [3.05, 3.63) is 65.7 Å². The van der Waals surface area contributed by atoms with E-state index >= 15 is 0 Å². The fourth-order valence-corrected chi connectivity index (χ4v) is 3.33. The Morgan fingerprint density at radius 1 is 1.10 bits per heavy atom. The van der Waals surface area contributed by atoms with E-state index in [9.17, 15) is 14.4 Å². The predicted octanol–water partition coefficient (Wildman–Crippen LogP) is 2.83. The van der Waals surface area contributed by atoms with E-state index in [1.807, 2.05) is 35.2 Å². The van der Waals surface area contributed by atoms with Crippen LogP contribution in [0.4, 0.5) is 5.69 Å². The third-order valence-electron chi connectivity index (χ3n) is 5.07. The summed E-state index contributed by atoms with van der Waals surface area (Å²) in [4.78, 5) is 38.8. The molecule has 164 valence electrons. The number of carbonyl (C=O) groups excluding carboxylic acids is 3. The molecule has 1 aliphatic carbocycles. The summed E-state index contributed by atoms with van der Waals surface area (Å²) in [5.74, 6) is -1.02. The minimum Gasteiger partial charge on any atom is -0.469 e. The first-order valence-corrected chi connectivity index (χ1v) is 10.5. The molecule has 31 heavy (non-hydrogen) atoms. The molecule has 1 fully saturated rings. The van der Waals surface area contributed by atoms with Crippen molar-refractivity contribution in [1.29, 1.82) is 0 Å². The van der Waals surface area contributed by atoms with Crippen molar-refractivity contribution >= 4 is 23.5 Å². The second-order valence-corrected chi connectivity index (χ2v) is 7.96. The van der Waals surface area contributed by atoms with Crippen LogP contribution in [-0.2, 0) is 20.9 Å². The van der Waals surface area contributed by atoms with Gasteiger partial charge in [0.25, 0.3) is 5.91 Å². The number of rotatable bonds is 10. The number of esters is 1. The largest absolute Gasteiger partial charge is 0.469 e. The van der Waals surface area contributed by atoms with Crippen LogP contribution in [0.25, 0.3) is 0 Å². The molecule has 0 heterocycles. The van der Waals surface area contributed by atoms with E-state index in [4.69, 9.17) is 4.74 Å². The normalized spacial score (nSPS) is 14.0. The lowest BCUT2D eigenvalue weighted by atomic mass is 10.1. The van der Waals surface area contributed by atoms with Crippen LogP contribution < -0.4 is 10.6 Å². The summed E-state index contributed by atoms with van der Waals surface area (Å²) in [7, 11) is 1.36. The molecular formula is C24H29N3O4. The van der Waals surface area contributed by atoms with Crippen molar-refractivity contribution in [3.63, 3.8) is 0 Å². The van der Waals surface area contributed by atoms with Crippen LogP contribution in [-0.4, -0.2) is 48.9 Å². The lowest BCUT2D eigenvalue weighted by Crippen LogP contribution is -2.37. The van der Waals surface area contributed by atoms with E-state index in [1.54, 1.807) is 31.2 Å². The first kappa shape index (κ1) is 22.5. The molecule has 2 N–H and O–H groups in total. The van der Waals surface area contributed by atoms with Gasteiger partial charge in [0, 0.05) is 30.4 Å². The Bertz CT molecular complexity index is 912. The van der Waals surface area contributed by atoms with Crippen LogP contribution in [0, 0.1) is 5.92 Å². The third-order valence-corrected chi connectivity index (χ3v) is 5.07. The van der Waals surface area contributed by atoms with Gasteiger partial charge >= 0.3 is 5.97 Å². The topological polar surface area (TPSA) is 87.7 Å². The zero-order chi connectivity index (χ0) is 22.2. The Morgan fingerprint density at radius 3 is 2.52 bits per heavy atom. The highest BCUT2D eigenvalue weighted by molar-refractivity contribution is 5.97. The van der Waals surface area contributed by atoms with Crippen LogP contribution in [0.5, 0.6) is 0 Å². The summed E-state index contributed by atoms with van der Waals surface area (Å²) in [6, 6.07) is 17.0. The fraction of sp³-hybridized carbons (Fsp3) is 0.375. The molecule has 1 unspecified atom stereocenters. The molecule has 2 amide bonds. The van der Waals surface area contributed by atoms with Gasteiger partial charge in [-0.2, -0.15) is 0 Å². The van der Waals surface area contributed by atoms with E-state index in [1.165, 1.54) is 7.11 Å². The van der Waals surface area contributed by atoms with Gasteiger partial charge in [0.15, 0.2) is 0 Å². The zero-order valence-corrected chi connectivity index (χ0v) is 18.0. The van der Waals surface area contributed by atoms with Crippen LogP contribution in [0.1, 0.15) is 35.7 Å². The first-order chi connectivity index (χ1) is 14.9. The van der Waals surface area contributed by atoms with Gasteiger partial charge in [-0.1, -0.05) is 43.3 Å². The maximum absolute atomic E-state index is 12.7. The molecule has 0 aromatic heterocycles. The Balaban J connectivity index is 1.63. The molecule has 0 spiro atoms. The van der Waals surface area contributed by atoms with Gasteiger partial charge < -0.3 is 15.4 Å². The fourth-order valence-electron chi connectivity index (χ4n) is 3.33. The van der Waals surface area contributed by atoms with E-state index in [-0.39, 0.29) is 36.3 Å². The summed E-state index contributed by atoms with van der Waals surface area (Å²) in [6.07, 6.45) is 2.03. The number of hydrogen-bond acceptors (Lipinski definition) is 5. The van der Waals surface area contributed by atoms with Crippen molar-refractivity contribution < 1.29 is 19.1 Å². The number of ether oxygens (including phenoxy) is 1. The highest BCUT2D eigenvalue weighted by Gasteiger charge is 2.24. The number of amides is 2. The van der Waals surface area contributed by atoms with Gasteiger partial charge in [-0.25, -0.2) is 0 Å². The first-order valence-electron chi connectivity index (χ1n) is 10.5. The number of methoxy groups -OCH3 is 1. The van der Waals surface area contributed by atoms with E-state index in [2.05, 4.69) is 10.6 Å². The van der Waals surface area contributed by atoms with Crippen molar-refractivity contribution in [1.82, 2.24) is 10.2 Å². The number of carbonyl (C=O) groups is 3. The molecule has 1 saturated carbocycles. The Morgan fingerprint density at radius 2 is 1.84 bits per heavy atom. The third kappa shape index (κ3) is 7.22. The highest BCUT2D eigenvalue weighted by Crippen LogP contribution is 2.20. The standard InChI is InChI=1S/C24H29N3O4/c1-17(24(30)31-2)14-27(15-18-7-4-3-5-8-18)16-22(28)25-21-10-6-9-19(13-21)23(29)26-20-11-12-20/h3-10,13,17,20H,11-12,14-16H2,1-2H3,(H,25,28)(H,26,29). The molecule has 2 aromatic carbocycles. The molecule has 0 saturated heterocycles. The van der Waals surface area contributed by atoms with Gasteiger partial charge in [0.1, 0.15) is 0 Å². The van der Waals surface area contributed by atoms with Crippen molar-refractivity contribution in [3.8, 4) is 0 Å². The molecule has 1 aliphatic rings. The maximum Gasteiger partial charge on any atom is 0.309 e. The minimum absolute atomic E-state index is 0.106. The zero-order valence-electron chi connectivity index (χ0n) is 18.0. The van der Waals surface area contributed by atoms with E-state index in [0.717, 1.165) is 18.4 Å². The van der Waals surface area contributed by atoms with Crippen LogP contribution in [0.3, 0.4) is 0 Å². The monoisotopic (exact) mass is 423 g/mol. The number of benzene rings is 2. The Kier molecular flexibility index (Phi) is 7.78. The van der Waals surface area contributed by atoms with Crippen molar-refractivity contribution in [2.75, 3.05) is 25.5 Å². The quantitative estimate of drug-likeness (QED) is 0.574. The molecule has 0 radical (unpaired) electrons. The van der Waals surface area contributed by atoms with Crippen LogP contribution in [0.15, 0.2) is 54.6 Å². The van der Waals surface area contributed by atoms with Crippen molar-refractivity contribution in [2.24, 2.45) is 5.92 Å². The minimum atomic E-state index is -0.365. The van der Waals surface area contributed by atoms with Crippen LogP contribution >= 0.6 is 0 Å². The average Bonchev–Trinajstić information content (AvgIpc) is 3.57. The second-order valence-electron chi connectivity index (χ2n) is 7.96.